The fraction of sp³-hybridized carbons (Fsp3) is 0.371. The maximum absolute atomic E-state index is 14.8. The molecule has 1 saturated heterocycles. The first kappa shape index (κ1) is 37.6. The lowest BCUT2D eigenvalue weighted by Crippen LogP contribution is -2.45. The highest BCUT2D eigenvalue weighted by Gasteiger charge is 2.54. The van der Waals surface area contributed by atoms with Gasteiger partial charge in [0.25, 0.3) is 0 Å². The second kappa shape index (κ2) is 15.1. The van der Waals surface area contributed by atoms with Gasteiger partial charge in [0, 0.05) is 9.86 Å². The van der Waals surface area contributed by atoms with Crippen molar-refractivity contribution in [1.29, 1.82) is 0 Å². The number of hydrogen-bond donors (Lipinski definition) is 4. The average molecular weight is 800 g/mol. The number of esters is 1. The van der Waals surface area contributed by atoms with Crippen LogP contribution in [0.4, 0.5) is 5.95 Å². The summed E-state index contributed by atoms with van der Waals surface area (Å²) >= 11 is 3.41. The number of imidazole rings is 1. The molecule has 5 N–H and O–H groups in total. The van der Waals surface area contributed by atoms with Crippen LogP contribution in [0.25, 0.3) is 21.9 Å². The zero-order valence-corrected chi connectivity index (χ0v) is 31.5. The normalized spacial score (nSPS) is 22.7. The van der Waals surface area contributed by atoms with Crippen molar-refractivity contribution in [1.82, 2.24) is 24.6 Å². The Bertz CT molecular complexity index is 2110. The molecule has 1 fully saturated rings. The van der Waals surface area contributed by atoms with Crippen molar-refractivity contribution >= 4 is 57.5 Å². The predicted octanol–water partition coefficient (Wildman–Crippen LogP) is 5.46. The van der Waals surface area contributed by atoms with Gasteiger partial charge in [0.2, 0.25) is 11.8 Å². The van der Waals surface area contributed by atoms with E-state index < -0.39 is 62.4 Å². The Morgan fingerprint density at radius 3 is 2.54 bits per heavy atom. The third-order valence-electron chi connectivity index (χ3n) is 8.83. The number of methoxy groups -OCH3 is 1. The van der Waals surface area contributed by atoms with Crippen molar-refractivity contribution in [2.24, 2.45) is 5.92 Å². The highest BCUT2D eigenvalue weighted by atomic mass is 79.9. The van der Waals surface area contributed by atoms with E-state index in [0.717, 1.165) is 15.4 Å². The van der Waals surface area contributed by atoms with E-state index in [1.165, 1.54) is 24.9 Å². The zero-order chi connectivity index (χ0) is 37.4. The summed E-state index contributed by atoms with van der Waals surface area (Å²) in [6.07, 6.45) is -3.32. The number of hydrogen-bond acceptors (Lipinski definition) is 13. The van der Waals surface area contributed by atoms with Gasteiger partial charge in [-0.1, -0.05) is 78.3 Å². The first-order valence-electron chi connectivity index (χ1n) is 16.5. The molecule has 1 aliphatic heterocycles. The first-order valence-corrected chi connectivity index (χ1v) is 18.8. The predicted molar refractivity (Wildman–Crippen MR) is 195 cm³/mol. The molecule has 17 heteroatoms. The van der Waals surface area contributed by atoms with Gasteiger partial charge in [-0.3, -0.25) is 13.9 Å². The molecular weight excluding hydrogens is 759 g/mol. The summed E-state index contributed by atoms with van der Waals surface area (Å²) in [4.78, 5) is 26.2. The molecule has 0 saturated carbocycles. The molecule has 6 rings (SSSR count). The van der Waals surface area contributed by atoms with Gasteiger partial charge in [-0.25, -0.2) is 9.55 Å². The fourth-order valence-electron chi connectivity index (χ4n) is 5.96. The number of nitrogens with two attached hydrogens (primary N) is 1. The number of aliphatic hydroxyl groups excluding tert-OH is 1. The van der Waals surface area contributed by atoms with Crippen molar-refractivity contribution < 1.29 is 42.8 Å². The second-order valence-corrected chi connectivity index (χ2v) is 15.6. The number of ether oxygens (including phenoxy) is 3. The SMILES string of the molecule is COc1nc(N)nc2c1ncn2C1OC(COP(=O)(NC(C(=O)OC(C)c2ccc(Br)cc2)C(C)C)Oc2cccc3ccccc23)C(O)C1(C)O. The number of nitrogen functional groups attached to an aromatic ring is 1. The Morgan fingerprint density at radius 1 is 1.12 bits per heavy atom. The molecule has 5 aromatic rings. The van der Waals surface area contributed by atoms with Gasteiger partial charge in [0.15, 0.2) is 17.4 Å². The molecule has 1 aliphatic rings. The summed E-state index contributed by atoms with van der Waals surface area (Å²) < 4.78 is 46.5. The van der Waals surface area contributed by atoms with Gasteiger partial charge >= 0.3 is 13.7 Å². The summed E-state index contributed by atoms with van der Waals surface area (Å²) in [5.41, 5.74) is 5.16. The monoisotopic (exact) mass is 798 g/mol. The number of benzene rings is 3. The van der Waals surface area contributed by atoms with Crippen LogP contribution in [0.15, 0.2) is 77.5 Å². The minimum absolute atomic E-state index is 0.105. The molecule has 7 atom stereocenters. The van der Waals surface area contributed by atoms with Crippen LogP contribution in [0, 0.1) is 5.92 Å². The van der Waals surface area contributed by atoms with E-state index in [1.54, 1.807) is 39.0 Å². The van der Waals surface area contributed by atoms with Crippen LogP contribution in [0.3, 0.4) is 0 Å². The fourth-order valence-corrected chi connectivity index (χ4v) is 7.91. The quantitative estimate of drug-likeness (QED) is 0.0863. The van der Waals surface area contributed by atoms with Crippen LogP contribution in [0.1, 0.15) is 45.6 Å². The zero-order valence-electron chi connectivity index (χ0n) is 29.0. The third kappa shape index (κ3) is 7.64. The number of nitrogens with one attached hydrogen (secondary N) is 1. The van der Waals surface area contributed by atoms with Crippen LogP contribution < -0.4 is 20.1 Å². The smallest absolute Gasteiger partial charge is 0.459 e. The number of carbonyl (C=O) groups excluding carboxylic acids is 1. The molecule has 0 amide bonds. The van der Waals surface area contributed by atoms with E-state index in [9.17, 15) is 19.6 Å². The number of anilines is 1. The average Bonchev–Trinajstić information content (AvgIpc) is 3.62. The van der Waals surface area contributed by atoms with Crippen LogP contribution in [0.5, 0.6) is 11.6 Å². The number of fused-ring (bicyclic) bond motifs is 2. The molecule has 0 bridgehead atoms. The molecule has 3 aromatic carbocycles. The second-order valence-electron chi connectivity index (χ2n) is 13.0. The molecule has 0 spiro atoms. The van der Waals surface area contributed by atoms with Crippen molar-refractivity contribution in [3.05, 3.63) is 83.1 Å². The Labute approximate surface area is 308 Å². The third-order valence-corrected chi connectivity index (χ3v) is 10.9. The van der Waals surface area contributed by atoms with Crippen LogP contribution in [-0.2, 0) is 23.4 Å². The number of rotatable bonds is 13. The Morgan fingerprint density at radius 2 is 1.83 bits per heavy atom. The lowest BCUT2D eigenvalue weighted by Gasteiger charge is -2.29. The van der Waals surface area contributed by atoms with Gasteiger partial charge in [-0.15, -0.1) is 0 Å². The number of carbonyl (C=O) groups is 1. The molecule has 2 aromatic heterocycles. The molecule has 3 heterocycles. The topological polar surface area (TPSA) is 202 Å². The number of halogens is 1. The Balaban J connectivity index is 1.28. The highest BCUT2D eigenvalue weighted by molar-refractivity contribution is 9.10. The lowest BCUT2D eigenvalue weighted by atomic mass is 9.96. The van der Waals surface area contributed by atoms with Gasteiger partial charge in [0.05, 0.1) is 20.0 Å². The molecule has 7 unspecified atom stereocenters. The summed E-state index contributed by atoms with van der Waals surface area (Å²) in [6, 6.07) is 18.8. The first-order chi connectivity index (χ1) is 24.7. The molecule has 0 aliphatic carbocycles. The maximum atomic E-state index is 14.8. The number of aromatic nitrogens is 4. The Hall–Kier alpha value is -4.15. The van der Waals surface area contributed by atoms with Crippen LogP contribution >= 0.6 is 23.7 Å². The van der Waals surface area contributed by atoms with E-state index in [2.05, 4.69) is 36.0 Å². The Kier molecular flexibility index (Phi) is 10.9. The number of aliphatic hydroxyl groups is 2. The van der Waals surface area contributed by atoms with Crippen LogP contribution in [-0.4, -0.2) is 73.3 Å². The minimum atomic E-state index is -4.49. The summed E-state index contributed by atoms with van der Waals surface area (Å²) in [5, 5.41) is 27.1. The molecular formula is C35H40BrN6O9P. The van der Waals surface area contributed by atoms with Gasteiger partial charge in [0.1, 0.15) is 35.7 Å². The summed E-state index contributed by atoms with van der Waals surface area (Å²) in [5.74, 6) is -0.883. The standard InChI is InChI=1S/C35H40BrN6O9P/c1-19(2)27(32(44)49-20(3)21-13-15-23(36)16-14-21)41-52(46,51-25-12-8-10-22-9-6-7-11-24(22)25)48-17-26-29(43)35(4,45)33(50-26)42-18-38-28-30(42)39-34(37)40-31(28)47-5/h6-16,18-20,26-27,29,33,43,45H,17H2,1-5H3,(H,41,46)(H2,37,39,40). The molecule has 0 radical (unpaired) electrons. The van der Waals surface area contributed by atoms with E-state index in [0.29, 0.717) is 5.39 Å². The van der Waals surface area contributed by atoms with Gasteiger partial charge in [-0.05, 0) is 48.9 Å². The van der Waals surface area contributed by atoms with E-state index >= 15 is 0 Å². The molecule has 15 nitrogen and oxygen atoms in total. The van der Waals surface area contributed by atoms with Crippen molar-refractivity contribution in [3.8, 4) is 11.6 Å². The highest BCUT2D eigenvalue weighted by Crippen LogP contribution is 2.49. The largest absolute Gasteiger partial charge is 0.479 e. The van der Waals surface area contributed by atoms with Gasteiger partial charge < -0.3 is 34.7 Å². The maximum Gasteiger partial charge on any atom is 0.459 e. The lowest BCUT2D eigenvalue weighted by molar-refractivity contribution is -0.152. The minimum Gasteiger partial charge on any atom is -0.479 e. The van der Waals surface area contributed by atoms with E-state index in [1.807, 2.05) is 48.5 Å². The summed E-state index contributed by atoms with van der Waals surface area (Å²) in [7, 11) is -3.09. The van der Waals surface area contributed by atoms with Gasteiger partial charge in [-0.2, -0.15) is 15.1 Å². The number of nitrogens with zero attached hydrogens (tertiary/aromatic N) is 4. The van der Waals surface area contributed by atoms with Crippen molar-refractivity contribution in [2.45, 2.75) is 63.9 Å². The van der Waals surface area contributed by atoms with Crippen molar-refractivity contribution in [3.63, 3.8) is 0 Å². The van der Waals surface area contributed by atoms with Crippen LogP contribution in [0.2, 0.25) is 0 Å². The summed E-state index contributed by atoms with van der Waals surface area (Å²) in [6.45, 7) is 6.10. The van der Waals surface area contributed by atoms with Crippen molar-refractivity contribution in [2.75, 3.05) is 19.5 Å². The molecule has 52 heavy (non-hydrogen) atoms. The van der Waals surface area contributed by atoms with E-state index in [4.69, 9.17) is 29.0 Å². The molecule has 276 valence electrons. The van der Waals surface area contributed by atoms with E-state index in [-0.39, 0.29) is 28.7 Å².